The summed E-state index contributed by atoms with van der Waals surface area (Å²) in [6, 6.07) is 0. The summed E-state index contributed by atoms with van der Waals surface area (Å²) < 4.78 is 0. The van der Waals surface area contributed by atoms with Crippen LogP contribution in [-0.4, -0.2) is 72.2 Å². The molecule has 0 spiro atoms. The molecule has 0 saturated carbocycles. The highest BCUT2D eigenvalue weighted by Gasteiger charge is 2.31. The second-order valence-electron chi connectivity index (χ2n) is 7.11. The lowest BCUT2D eigenvalue weighted by molar-refractivity contribution is -0.138. The molecule has 0 aliphatic carbocycles. The first-order valence-electron chi connectivity index (χ1n) is 7.79. The van der Waals surface area contributed by atoms with Gasteiger partial charge in [-0.3, -0.25) is 9.69 Å². The number of carbonyl (C=O) groups is 1. The predicted molar refractivity (Wildman–Crippen MR) is 79.5 cm³/mol. The van der Waals surface area contributed by atoms with Crippen LogP contribution in [0, 0.1) is 11.8 Å². The molecule has 1 amide bonds. The average Bonchev–Trinajstić information content (AvgIpc) is 2.37. The van der Waals surface area contributed by atoms with Gasteiger partial charge in [-0.05, 0) is 32.7 Å². The zero-order valence-corrected chi connectivity index (χ0v) is 13.1. The molecule has 5 nitrogen and oxygen atoms in total. The maximum Gasteiger partial charge on any atom is 0.227 e. The van der Waals surface area contributed by atoms with E-state index in [9.17, 15) is 9.90 Å². The molecule has 0 aromatic carbocycles. The normalized spacial score (nSPS) is 29.5. The van der Waals surface area contributed by atoms with Crippen molar-refractivity contribution in [3.8, 4) is 0 Å². The number of piperidine rings is 1. The molecule has 20 heavy (non-hydrogen) atoms. The Labute approximate surface area is 122 Å². The van der Waals surface area contributed by atoms with Crippen molar-refractivity contribution in [2.45, 2.75) is 32.8 Å². The molecule has 2 heterocycles. The molecule has 5 heteroatoms. The van der Waals surface area contributed by atoms with E-state index in [2.05, 4.69) is 17.1 Å². The zero-order chi connectivity index (χ0) is 14.8. The van der Waals surface area contributed by atoms with Crippen LogP contribution < -0.4 is 5.32 Å². The molecular weight excluding hydrogens is 254 g/mol. The van der Waals surface area contributed by atoms with E-state index in [0.29, 0.717) is 18.4 Å². The smallest absolute Gasteiger partial charge is 0.227 e. The summed E-state index contributed by atoms with van der Waals surface area (Å²) in [5.74, 6) is 1.06. The van der Waals surface area contributed by atoms with Gasteiger partial charge in [0.2, 0.25) is 5.91 Å². The minimum atomic E-state index is -0.658. The fraction of sp³-hybridized carbons (Fsp3) is 0.933. The Balaban J connectivity index is 1.79. The second kappa shape index (κ2) is 6.41. The van der Waals surface area contributed by atoms with Crippen molar-refractivity contribution in [2.75, 3.05) is 45.8 Å². The highest BCUT2D eigenvalue weighted by atomic mass is 16.3. The minimum Gasteiger partial charge on any atom is -0.389 e. The molecule has 2 atom stereocenters. The zero-order valence-electron chi connectivity index (χ0n) is 13.1. The Morgan fingerprint density at radius 2 is 1.90 bits per heavy atom. The lowest BCUT2D eigenvalue weighted by Crippen LogP contribution is -2.54. The van der Waals surface area contributed by atoms with Gasteiger partial charge >= 0.3 is 0 Å². The number of nitrogens with zero attached hydrogens (tertiary/aromatic N) is 2. The summed E-state index contributed by atoms with van der Waals surface area (Å²) in [4.78, 5) is 16.8. The van der Waals surface area contributed by atoms with Crippen molar-refractivity contribution < 1.29 is 9.90 Å². The molecule has 0 radical (unpaired) electrons. The van der Waals surface area contributed by atoms with Crippen molar-refractivity contribution in [3.05, 3.63) is 0 Å². The van der Waals surface area contributed by atoms with E-state index in [1.807, 2.05) is 18.7 Å². The van der Waals surface area contributed by atoms with E-state index in [4.69, 9.17) is 0 Å². The fourth-order valence-electron chi connectivity index (χ4n) is 3.28. The molecule has 2 unspecified atom stereocenters. The molecule has 0 aromatic rings. The fourth-order valence-corrected chi connectivity index (χ4v) is 3.28. The molecule has 2 rings (SSSR count). The van der Waals surface area contributed by atoms with Gasteiger partial charge in [-0.1, -0.05) is 6.92 Å². The van der Waals surface area contributed by atoms with Gasteiger partial charge in [-0.2, -0.15) is 0 Å². The largest absolute Gasteiger partial charge is 0.389 e. The predicted octanol–water partition coefficient (Wildman–Crippen LogP) is 0.147. The molecular formula is C15H29N3O2. The van der Waals surface area contributed by atoms with E-state index < -0.39 is 5.60 Å². The summed E-state index contributed by atoms with van der Waals surface area (Å²) in [7, 11) is 0. The van der Waals surface area contributed by atoms with Gasteiger partial charge < -0.3 is 15.3 Å². The Hall–Kier alpha value is -0.650. The van der Waals surface area contributed by atoms with Crippen LogP contribution in [0.15, 0.2) is 0 Å². The van der Waals surface area contributed by atoms with Crippen LogP contribution in [0.3, 0.4) is 0 Å². The maximum atomic E-state index is 12.5. The van der Waals surface area contributed by atoms with Crippen LogP contribution >= 0.6 is 0 Å². The van der Waals surface area contributed by atoms with Gasteiger partial charge in [0, 0.05) is 39.3 Å². The molecule has 2 aliphatic rings. The van der Waals surface area contributed by atoms with Crippen molar-refractivity contribution in [3.63, 3.8) is 0 Å². The van der Waals surface area contributed by atoms with Crippen LogP contribution in [-0.2, 0) is 4.79 Å². The van der Waals surface area contributed by atoms with Gasteiger partial charge in [0.1, 0.15) is 0 Å². The van der Waals surface area contributed by atoms with E-state index in [1.165, 1.54) is 0 Å². The number of piperazine rings is 1. The summed E-state index contributed by atoms with van der Waals surface area (Å²) >= 11 is 0. The summed E-state index contributed by atoms with van der Waals surface area (Å²) in [6.07, 6.45) is 1.01. The lowest BCUT2D eigenvalue weighted by Gasteiger charge is -2.39. The molecule has 116 valence electrons. The Kier molecular flexibility index (Phi) is 5.04. The highest BCUT2D eigenvalue weighted by molar-refractivity contribution is 5.79. The number of amides is 1. The van der Waals surface area contributed by atoms with Crippen molar-refractivity contribution >= 4 is 5.91 Å². The second-order valence-corrected chi connectivity index (χ2v) is 7.11. The molecule has 0 bridgehead atoms. The van der Waals surface area contributed by atoms with Crippen molar-refractivity contribution in [1.29, 1.82) is 0 Å². The topological polar surface area (TPSA) is 55.8 Å². The number of aliphatic hydroxyl groups is 1. The number of hydrogen-bond acceptors (Lipinski definition) is 4. The van der Waals surface area contributed by atoms with Crippen LogP contribution in [0.4, 0.5) is 0 Å². The Morgan fingerprint density at radius 3 is 2.45 bits per heavy atom. The van der Waals surface area contributed by atoms with Gasteiger partial charge in [0.15, 0.2) is 0 Å². The van der Waals surface area contributed by atoms with E-state index in [1.54, 1.807) is 0 Å². The summed E-state index contributed by atoms with van der Waals surface area (Å²) in [5, 5.41) is 13.2. The third-order valence-corrected chi connectivity index (χ3v) is 4.21. The van der Waals surface area contributed by atoms with Gasteiger partial charge in [0.05, 0.1) is 11.5 Å². The molecule has 2 saturated heterocycles. The standard InChI is InChI=1S/C15H29N3O2/c1-12-8-13(10-16-9-12)14(19)18-6-4-17(5-7-18)11-15(2,3)20/h12-13,16,20H,4-11H2,1-3H3. The van der Waals surface area contributed by atoms with Crippen LogP contribution in [0.2, 0.25) is 0 Å². The van der Waals surface area contributed by atoms with Gasteiger partial charge in [0.25, 0.3) is 0 Å². The molecule has 0 aromatic heterocycles. The first kappa shape index (κ1) is 15.7. The monoisotopic (exact) mass is 283 g/mol. The lowest BCUT2D eigenvalue weighted by atomic mass is 9.90. The van der Waals surface area contributed by atoms with E-state index in [0.717, 1.165) is 45.7 Å². The third kappa shape index (κ3) is 4.43. The first-order valence-corrected chi connectivity index (χ1v) is 7.79. The quantitative estimate of drug-likeness (QED) is 0.774. The van der Waals surface area contributed by atoms with Crippen molar-refractivity contribution in [1.82, 2.24) is 15.1 Å². The number of hydrogen-bond donors (Lipinski definition) is 2. The van der Waals surface area contributed by atoms with E-state index >= 15 is 0 Å². The number of carbonyl (C=O) groups excluding carboxylic acids is 1. The van der Waals surface area contributed by atoms with Crippen molar-refractivity contribution in [2.24, 2.45) is 11.8 Å². The Bertz CT molecular complexity index is 333. The highest BCUT2D eigenvalue weighted by Crippen LogP contribution is 2.19. The van der Waals surface area contributed by atoms with Gasteiger partial charge in [-0.25, -0.2) is 0 Å². The molecule has 2 aliphatic heterocycles. The number of β-amino-alcohol motifs (C(OH)–C–C–N with tert-alkyl or cyclic N) is 1. The number of nitrogens with one attached hydrogen (secondary N) is 1. The van der Waals surface area contributed by atoms with Gasteiger partial charge in [-0.15, -0.1) is 0 Å². The maximum absolute atomic E-state index is 12.5. The number of rotatable bonds is 3. The third-order valence-electron chi connectivity index (χ3n) is 4.21. The summed E-state index contributed by atoms with van der Waals surface area (Å²) in [6.45, 7) is 11.7. The SMILES string of the molecule is CC1CNCC(C(=O)N2CCN(CC(C)(C)O)CC2)C1. The van der Waals surface area contributed by atoms with Crippen LogP contribution in [0.25, 0.3) is 0 Å². The minimum absolute atomic E-state index is 0.152. The first-order chi connectivity index (χ1) is 9.35. The molecule has 2 N–H and O–H groups in total. The van der Waals surface area contributed by atoms with Crippen LogP contribution in [0.5, 0.6) is 0 Å². The van der Waals surface area contributed by atoms with E-state index in [-0.39, 0.29) is 5.92 Å². The Morgan fingerprint density at radius 1 is 1.25 bits per heavy atom. The summed E-state index contributed by atoms with van der Waals surface area (Å²) in [5.41, 5.74) is -0.658. The average molecular weight is 283 g/mol. The van der Waals surface area contributed by atoms with Crippen LogP contribution in [0.1, 0.15) is 27.2 Å². The molecule has 2 fully saturated rings.